The van der Waals surface area contributed by atoms with Crippen LogP contribution in [0.4, 0.5) is 0 Å². The lowest BCUT2D eigenvalue weighted by Crippen LogP contribution is -1.96. The molecular formula is C16H19N3. The molecule has 0 aliphatic heterocycles. The molecule has 1 aliphatic rings. The predicted octanol–water partition coefficient (Wildman–Crippen LogP) is 4.17. The summed E-state index contributed by atoms with van der Waals surface area (Å²) in [4.78, 5) is 12.1. The van der Waals surface area contributed by atoms with Crippen molar-refractivity contribution < 1.29 is 0 Å². The van der Waals surface area contributed by atoms with Gasteiger partial charge in [0, 0.05) is 11.6 Å². The lowest BCUT2D eigenvalue weighted by atomic mass is 9.97. The minimum absolute atomic E-state index is 0.933. The maximum Gasteiger partial charge on any atom is 0.141 e. The van der Waals surface area contributed by atoms with E-state index < -0.39 is 0 Å². The molecule has 3 nitrogen and oxygen atoms in total. The minimum atomic E-state index is 0.933. The van der Waals surface area contributed by atoms with Gasteiger partial charge in [0.25, 0.3) is 0 Å². The van der Waals surface area contributed by atoms with Crippen molar-refractivity contribution in [3.63, 3.8) is 0 Å². The van der Waals surface area contributed by atoms with Crippen molar-refractivity contribution in [2.45, 2.75) is 39.5 Å². The molecule has 3 heteroatoms. The highest BCUT2D eigenvalue weighted by molar-refractivity contribution is 5.94. The van der Waals surface area contributed by atoms with Gasteiger partial charge in [-0.15, -0.1) is 0 Å². The fraction of sp³-hybridized carbons (Fsp3) is 0.375. The third-order valence-corrected chi connectivity index (χ3v) is 3.87. The quantitative estimate of drug-likeness (QED) is 0.828. The zero-order chi connectivity index (χ0) is 13.2. The zero-order valence-electron chi connectivity index (χ0n) is 11.5. The number of aromatic amines is 1. The van der Waals surface area contributed by atoms with Gasteiger partial charge >= 0.3 is 0 Å². The Kier molecular flexibility index (Phi) is 3.20. The fourth-order valence-electron chi connectivity index (χ4n) is 2.84. The molecular weight excluding hydrogens is 234 g/mol. The number of hydrogen-bond acceptors (Lipinski definition) is 2. The molecule has 2 aromatic rings. The summed E-state index contributed by atoms with van der Waals surface area (Å²) in [5.74, 6) is 0. The standard InChI is InChI=1S/C16H19N3/c1-3-12-7-5-4-6-8-13(12)15-14-11(2)9-17-16(14)19-10-18-15/h3,8-10H,4-7H2,1-2H3,(H,17,18,19)/b12-3+. The van der Waals surface area contributed by atoms with Gasteiger partial charge in [-0.3, -0.25) is 0 Å². The van der Waals surface area contributed by atoms with E-state index in [-0.39, 0.29) is 0 Å². The van der Waals surface area contributed by atoms with Gasteiger partial charge in [-0.05, 0) is 56.2 Å². The second-order valence-electron chi connectivity index (χ2n) is 5.10. The number of allylic oxidation sites excluding steroid dienone is 4. The Balaban J connectivity index is 2.22. The Morgan fingerprint density at radius 2 is 2.16 bits per heavy atom. The number of nitrogens with zero attached hydrogens (tertiary/aromatic N) is 2. The van der Waals surface area contributed by atoms with E-state index in [1.165, 1.54) is 29.6 Å². The van der Waals surface area contributed by atoms with Crippen LogP contribution in [0.15, 0.2) is 30.2 Å². The predicted molar refractivity (Wildman–Crippen MR) is 78.8 cm³/mol. The zero-order valence-corrected chi connectivity index (χ0v) is 11.5. The first-order valence-electron chi connectivity index (χ1n) is 6.96. The molecule has 0 saturated carbocycles. The molecule has 0 saturated heterocycles. The molecule has 1 N–H and O–H groups in total. The van der Waals surface area contributed by atoms with Crippen LogP contribution in [0.25, 0.3) is 16.6 Å². The fourth-order valence-corrected chi connectivity index (χ4v) is 2.84. The SMILES string of the molecule is C/C=C1\CCCCC=C1c1ncnc2[nH]cc(C)c12. The number of aromatic nitrogens is 3. The second kappa shape index (κ2) is 5.00. The lowest BCUT2D eigenvalue weighted by Gasteiger charge is -2.10. The average Bonchev–Trinajstić information content (AvgIpc) is 2.68. The molecule has 2 heterocycles. The second-order valence-corrected chi connectivity index (χ2v) is 5.10. The largest absolute Gasteiger partial charge is 0.346 e. The smallest absolute Gasteiger partial charge is 0.141 e. The van der Waals surface area contributed by atoms with Gasteiger partial charge in [-0.1, -0.05) is 12.2 Å². The highest BCUT2D eigenvalue weighted by atomic mass is 14.9. The Morgan fingerprint density at radius 3 is 3.00 bits per heavy atom. The molecule has 0 spiro atoms. The highest BCUT2D eigenvalue weighted by Crippen LogP contribution is 2.34. The molecule has 2 aromatic heterocycles. The van der Waals surface area contributed by atoms with Gasteiger partial charge in [0.05, 0.1) is 5.69 Å². The van der Waals surface area contributed by atoms with Crippen LogP contribution in [-0.4, -0.2) is 15.0 Å². The van der Waals surface area contributed by atoms with Crippen molar-refractivity contribution >= 4 is 16.6 Å². The van der Waals surface area contributed by atoms with E-state index >= 15 is 0 Å². The van der Waals surface area contributed by atoms with Crippen LogP contribution < -0.4 is 0 Å². The summed E-state index contributed by atoms with van der Waals surface area (Å²) in [6, 6.07) is 0. The summed E-state index contributed by atoms with van der Waals surface area (Å²) in [5, 5.41) is 1.16. The summed E-state index contributed by atoms with van der Waals surface area (Å²) >= 11 is 0. The topological polar surface area (TPSA) is 41.6 Å². The van der Waals surface area contributed by atoms with E-state index in [1.54, 1.807) is 6.33 Å². The van der Waals surface area contributed by atoms with Crippen molar-refractivity contribution in [1.82, 2.24) is 15.0 Å². The third kappa shape index (κ3) is 2.09. The molecule has 0 bridgehead atoms. The van der Waals surface area contributed by atoms with Crippen molar-refractivity contribution in [2.75, 3.05) is 0 Å². The molecule has 0 amide bonds. The van der Waals surface area contributed by atoms with E-state index in [4.69, 9.17) is 0 Å². The minimum Gasteiger partial charge on any atom is -0.346 e. The number of hydrogen-bond donors (Lipinski definition) is 1. The van der Waals surface area contributed by atoms with Gasteiger partial charge in [0.1, 0.15) is 12.0 Å². The average molecular weight is 253 g/mol. The Hall–Kier alpha value is -1.90. The van der Waals surface area contributed by atoms with E-state index in [0.29, 0.717) is 0 Å². The number of nitrogens with one attached hydrogen (secondary N) is 1. The van der Waals surface area contributed by atoms with Crippen molar-refractivity contribution in [3.05, 3.63) is 41.5 Å². The maximum absolute atomic E-state index is 4.56. The van der Waals surface area contributed by atoms with E-state index in [9.17, 15) is 0 Å². The molecule has 1 aliphatic carbocycles. The summed E-state index contributed by atoms with van der Waals surface area (Å²) in [5.41, 5.74) is 5.95. The van der Waals surface area contributed by atoms with Crippen molar-refractivity contribution in [3.8, 4) is 0 Å². The van der Waals surface area contributed by atoms with Crippen LogP contribution >= 0.6 is 0 Å². The lowest BCUT2D eigenvalue weighted by molar-refractivity contribution is 0.765. The van der Waals surface area contributed by atoms with Crippen LogP contribution in [-0.2, 0) is 0 Å². The van der Waals surface area contributed by atoms with Gasteiger partial charge in [0.15, 0.2) is 0 Å². The molecule has 0 atom stereocenters. The molecule has 3 rings (SSSR count). The molecule has 0 aromatic carbocycles. The molecule has 0 fully saturated rings. The van der Waals surface area contributed by atoms with Crippen LogP contribution in [0.2, 0.25) is 0 Å². The Bertz CT molecular complexity index is 662. The van der Waals surface area contributed by atoms with Crippen molar-refractivity contribution in [1.29, 1.82) is 0 Å². The van der Waals surface area contributed by atoms with Crippen LogP contribution in [0.1, 0.15) is 43.9 Å². The Morgan fingerprint density at radius 1 is 1.26 bits per heavy atom. The third-order valence-electron chi connectivity index (χ3n) is 3.87. The molecule has 98 valence electrons. The van der Waals surface area contributed by atoms with E-state index in [1.807, 2.05) is 6.20 Å². The molecule has 0 unspecified atom stereocenters. The summed E-state index contributed by atoms with van der Waals surface area (Å²) in [7, 11) is 0. The van der Waals surface area contributed by atoms with Crippen LogP contribution in [0.5, 0.6) is 0 Å². The summed E-state index contributed by atoms with van der Waals surface area (Å²) in [6.07, 6.45) is 13.1. The van der Waals surface area contributed by atoms with Gasteiger partial charge in [-0.2, -0.15) is 0 Å². The monoisotopic (exact) mass is 253 g/mol. The number of H-pyrrole nitrogens is 1. The normalized spacial score (nSPS) is 18.6. The first kappa shape index (κ1) is 12.2. The van der Waals surface area contributed by atoms with Gasteiger partial charge in [-0.25, -0.2) is 9.97 Å². The first-order chi connectivity index (χ1) is 9.31. The first-order valence-corrected chi connectivity index (χ1v) is 6.96. The van der Waals surface area contributed by atoms with E-state index in [2.05, 4.69) is 41.0 Å². The summed E-state index contributed by atoms with van der Waals surface area (Å²) in [6.45, 7) is 4.23. The van der Waals surface area contributed by atoms with Crippen molar-refractivity contribution in [2.24, 2.45) is 0 Å². The van der Waals surface area contributed by atoms with E-state index in [0.717, 1.165) is 29.6 Å². The van der Waals surface area contributed by atoms with Crippen LogP contribution in [0, 0.1) is 6.92 Å². The Labute approximate surface area is 113 Å². The summed E-state index contributed by atoms with van der Waals surface area (Å²) < 4.78 is 0. The maximum atomic E-state index is 4.56. The molecule has 19 heavy (non-hydrogen) atoms. The van der Waals surface area contributed by atoms with Gasteiger partial charge < -0.3 is 4.98 Å². The number of aryl methyl sites for hydroxylation is 1. The highest BCUT2D eigenvalue weighted by Gasteiger charge is 2.16. The number of rotatable bonds is 1. The van der Waals surface area contributed by atoms with Gasteiger partial charge in [0.2, 0.25) is 0 Å². The number of fused-ring (bicyclic) bond motifs is 1. The van der Waals surface area contributed by atoms with Crippen LogP contribution in [0.3, 0.4) is 0 Å². The molecule has 0 radical (unpaired) electrons.